The lowest BCUT2D eigenvalue weighted by atomic mass is 10.1. The van der Waals surface area contributed by atoms with Gasteiger partial charge >= 0.3 is 0 Å². The Bertz CT molecular complexity index is 922. The molecule has 1 aromatic carbocycles. The van der Waals surface area contributed by atoms with Gasteiger partial charge in [-0.25, -0.2) is 9.71 Å². The molecular weight excluding hydrogens is 350 g/mol. The third-order valence-corrected chi connectivity index (χ3v) is 6.18. The van der Waals surface area contributed by atoms with Crippen molar-refractivity contribution in [1.82, 2.24) is 14.3 Å². The van der Waals surface area contributed by atoms with Crippen LogP contribution < -0.4 is 4.72 Å². The van der Waals surface area contributed by atoms with Gasteiger partial charge in [-0.1, -0.05) is 23.7 Å². The first-order valence-electron chi connectivity index (χ1n) is 7.82. The molecule has 126 valence electrons. The van der Waals surface area contributed by atoms with Gasteiger partial charge in [0, 0.05) is 23.9 Å². The van der Waals surface area contributed by atoms with Crippen molar-refractivity contribution >= 4 is 27.5 Å². The summed E-state index contributed by atoms with van der Waals surface area (Å²) in [5.74, 6) is -0.0196. The number of halogens is 1. The highest BCUT2D eigenvalue weighted by Crippen LogP contribution is 2.48. The number of benzene rings is 1. The Labute approximate surface area is 144 Å². The molecule has 2 atom stereocenters. The van der Waals surface area contributed by atoms with Crippen molar-refractivity contribution < 1.29 is 13.2 Å². The molecule has 2 aliphatic rings. The first kappa shape index (κ1) is 15.7. The predicted octanol–water partition coefficient (Wildman–Crippen LogP) is 2.09. The van der Waals surface area contributed by atoms with Crippen molar-refractivity contribution in [2.24, 2.45) is 5.92 Å². The minimum absolute atomic E-state index is 0.0232. The number of imidazole rings is 1. The van der Waals surface area contributed by atoms with Gasteiger partial charge in [-0.05, 0) is 36.5 Å². The van der Waals surface area contributed by atoms with Crippen LogP contribution in [0, 0.1) is 5.92 Å². The molecule has 0 radical (unpaired) electrons. The molecule has 6 nitrogen and oxygen atoms in total. The maximum absolute atomic E-state index is 12.5. The lowest BCUT2D eigenvalue weighted by Gasteiger charge is -2.08. The number of aromatic nitrogens is 2. The molecule has 2 heterocycles. The fourth-order valence-corrected chi connectivity index (χ4v) is 4.69. The second-order valence-corrected chi connectivity index (χ2v) is 8.31. The van der Waals surface area contributed by atoms with Gasteiger partial charge in [0.15, 0.2) is 5.03 Å². The number of nitrogens with zero attached hydrogens (tertiary/aromatic N) is 2. The summed E-state index contributed by atoms with van der Waals surface area (Å²) in [6.45, 7) is 0.619. The van der Waals surface area contributed by atoms with Gasteiger partial charge in [-0.2, -0.15) is 8.42 Å². The number of carbonyl (C=O) groups is 1. The smallest absolute Gasteiger partial charge is 0.281 e. The van der Waals surface area contributed by atoms with Gasteiger partial charge in [-0.3, -0.25) is 4.79 Å². The highest BCUT2D eigenvalue weighted by atomic mass is 35.5. The van der Waals surface area contributed by atoms with Crippen molar-refractivity contribution in [2.75, 3.05) is 0 Å². The SMILES string of the molecule is O=C(NS(=O)(=O)c1cnc2n1CCC2)[C@H]1C[C@H]1c1cccc(Cl)c1. The largest absolute Gasteiger partial charge is 0.318 e. The Morgan fingerprint density at radius 3 is 3.00 bits per heavy atom. The van der Waals surface area contributed by atoms with E-state index in [0.717, 1.165) is 24.2 Å². The molecule has 1 fully saturated rings. The van der Waals surface area contributed by atoms with E-state index in [1.807, 2.05) is 18.2 Å². The van der Waals surface area contributed by atoms with E-state index in [1.54, 1.807) is 10.6 Å². The number of rotatable bonds is 4. The van der Waals surface area contributed by atoms with E-state index in [1.165, 1.54) is 6.20 Å². The number of carbonyl (C=O) groups excluding carboxylic acids is 1. The van der Waals surface area contributed by atoms with Gasteiger partial charge < -0.3 is 4.57 Å². The molecular formula is C16H16ClN3O3S. The molecule has 24 heavy (non-hydrogen) atoms. The molecule has 1 aliphatic carbocycles. The summed E-state index contributed by atoms with van der Waals surface area (Å²) in [4.78, 5) is 16.5. The summed E-state index contributed by atoms with van der Waals surface area (Å²) < 4.78 is 28.8. The Kier molecular flexibility index (Phi) is 3.65. The maximum Gasteiger partial charge on any atom is 0.281 e. The molecule has 0 spiro atoms. The number of hydrogen-bond acceptors (Lipinski definition) is 4. The van der Waals surface area contributed by atoms with Crippen LogP contribution in [0.4, 0.5) is 0 Å². The van der Waals surface area contributed by atoms with Crippen molar-refractivity contribution in [3.05, 3.63) is 46.9 Å². The van der Waals surface area contributed by atoms with E-state index >= 15 is 0 Å². The van der Waals surface area contributed by atoms with Crippen LogP contribution in [-0.2, 0) is 27.8 Å². The lowest BCUT2D eigenvalue weighted by Crippen LogP contribution is -2.33. The third kappa shape index (κ3) is 2.71. The van der Waals surface area contributed by atoms with Gasteiger partial charge in [0.1, 0.15) is 5.82 Å². The molecule has 2 aromatic rings. The summed E-state index contributed by atoms with van der Waals surface area (Å²) in [5, 5.41) is 0.685. The monoisotopic (exact) mass is 365 g/mol. The third-order valence-electron chi connectivity index (χ3n) is 4.60. The fraction of sp³-hybridized carbons (Fsp3) is 0.375. The van der Waals surface area contributed by atoms with E-state index in [2.05, 4.69) is 9.71 Å². The molecule has 1 aromatic heterocycles. The Morgan fingerprint density at radius 2 is 2.21 bits per heavy atom. The average Bonchev–Trinajstić information content (AvgIpc) is 3.01. The number of sulfonamides is 1. The normalized spacial score (nSPS) is 22.2. The first-order valence-corrected chi connectivity index (χ1v) is 9.68. The van der Waals surface area contributed by atoms with Gasteiger partial charge in [-0.15, -0.1) is 0 Å². The number of aryl methyl sites for hydroxylation is 1. The number of nitrogens with one attached hydrogen (secondary N) is 1. The predicted molar refractivity (Wildman–Crippen MR) is 88.2 cm³/mol. The van der Waals surface area contributed by atoms with Crippen LogP contribution in [0.3, 0.4) is 0 Å². The maximum atomic E-state index is 12.5. The first-order chi connectivity index (χ1) is 11.5. The van der Waals surface area contributed by atoms with E-state index in [9.17, 15) is 13.2 Å². The van der Waals surface area contributed by atoms with E-state index in [4.69, 9.17) is 11.6 Å². The van der Waals surface area contributed by atoms with E-state index < -0.39 is 15.9 Å². The zero-order valence-electron chi connectivity index (χ0n) is 12.8. The van der Waals surface area contributed by atoms with E-state index in [-0.39, 0.29) is 16.9 Å². The topological polar surface area (TPSA) is 81.1 Å². The van der Waals surface area contributed by atoms with Crippen LogP contribution in [0.5, 0.6) is 0 Å². The minimum atomic E-state index is -3.89. The molecule has 0 unspecified atom stereocenters. The molecule has 1 saturated carbocycles. The average molecular weight is 366 g/mol. The molecule has 1 N–H and O–H groups in total. The molecule has 4 rings (SSSR count). The second-order valence-electron chi connectivity index (χ2n) is 6.24. The highest BCUT2D eigenvalue weighted by molar-refractivity contribution is 7.90. The Balaban J connectivity index is 1.48. The van der Waals surface area contributed by atoms with Crippen LogP contribution >= 0.6 is 11.6 Å². The summed E-state index contributed by atoms with van der Waals surface area (Å²) in [6, 6.07) is 7.32. The number of hydrogen-bond donors (Lipinski definition) is 1. The van der Waals surface area contributed by atoms with Gasteiger partial charge in [0.2, 0.25) is 5.91 Å². The van der Waals surface area contributed by atoms with Crippen LogP contribution in [0.1, 0.15) is 30.1 Å². The fourth-order valence-electron chi connectivity index (χ4n) is 3.30. The Morgan fingerprint density at radius 1 is 1.38 bits per heavy atom. The zero-order chi connectivity index (χ0) is 16.9. The molecule has 0 saturated heterocycles. The molecule has 8 heteroatoms. The van der Waals surface area contributed by atoms with Crippen LogP contribution in [-0.4, -0.2) is 23.9 Å². The van der Waals surface area contributed by atoms with Crippen LogP contribution in [0.15, 0.2) is 35.5 Å². The minimum Gasteiger partial charge on any atom is -0.318 e. The zero-order valence-corrected chi connectivity index (χ0v) is 14.3. The van der Waals surface area contributed by atoms with Crippen molar-refractivity contribution in [2.45, 2.75) is 36.8 Å². The molecule has 1 aliphatic heterocycles. The van der Waals surface area contributed by atoms with Crippen molar-refractivity contribution in [3.8, 4) is 0 Å². The standard InChI is InChI=1S/C16H16ClN3O3S/c17-11-4-1-3-10(7-11)12-8-13(12)16(21)19-24(22,23)15-9-18-14-5-2-6-20(14)15/h1,3-4,7,9,12-13H,2,5-6,8H2,(H,19,21)/t12-,13-/m0/s1. The molecule has 1 amide bonds. The number of amides is 1. The van der Waals surface area contributed by atoms with Gasteiger partial charge in [0.25, 0.3) is 10.0 Å². The summed E-state index contributed by atoms with van der Waals surface area (Å²) in [6.07, 6.45) is 3.60. The van der Waals surface area contributed by atoms with Crippen molar-refractivity contribution in [1.29, 1.82) is 0 Å². The van der Waals surface area contributed by atoms with Crippen LogP contribution in [0.25, 0.3) is 0 Å². The second kappa shape index (κ2) is 5.60. The van der Waals surface area contributed by atoms with Gasteiger partial charge in [0.05, 0.1) is 6.20 Å². The lowest BCUT2D eigenvalue weighted by molar-refractivity contribution is -0.120. The summed E-state index contributed by atoms with van der Waals surface area (Å²) in [5.41, 5.74) is 0.963. The molecule has 0 bridgehead atoms. The summed E-state index contributed by atoms with van der Waals surface area (Å²) >= 11 is 5.97. The summed E-state index contributed by atoms with van der Waals surface area (Å²) in [7, 11) is -3.89. The van der Waals surface area contributed by atoms with E-state index in [0.29, 0.717) is 18.0 Å². The van der Waals surface area contributed by atoms with Crippen molar-refractivity contribution in [3.63, 3.8) is 0 Å². The highest BCUT2D eigenvalue weighted by Gasteiger charge is 2.45. The Hall–Kier alpha value is -1.86. The quantitative estimate of drug-likeness (QED) is 0.899. The van der Waals surface area contributed by atoms with Crippen LogP contribution in [0.2, 0.25) is 5.02 Å². The number of fused-ring (bicyclic) bond motifs is 1.